The molecule has 28 heteroatoms. The Morgan fingerprint density at radius 2 is 0.622 bits per heavy atom. The molecule has 6 aromatic rings. The third kappa shape index (κ3) is 20.9. The lowest BCUT2D eigenvalue weighted by Gasteiger charge is -2.46. The van der Waals surface area contributed by atoms with Crippen molar-refractivity contribution in [2.75, 3.05) is 0 Å². The van der Waals surface area contributed by atoms with Crippen LogP contribution in [0.4, 0.5) is 105 Å². The number of aromatic nitrogens is 2. The van der Waals surface area contributed by atoms with Crippen LogP contribution >= 0.6 is 0 Å². The molecule has 1 aromatic heterocycles. The molecular formula is C62H59BF24N2O. The fourth-order valence-corrected chi connectivity index (χ4v) is 10.6. The van der Waals surface area contributed by atoms with Crippen LogP contribution in [0.1, 0.15) is 170 Å². The van der Waals surface area contributed by atoms with E-state index in [1.807, 2.05) is 42.7 Å². The summed E-state index contributed by atoms with van der Waals surface area (Å²) in [5.74, 6) is 0.153. The number of nitrogens with zero attached hydrogens (tertiary/aromatic N) is 2. The Labute approximate surface area is 501 Å². The number of hydrogen-bond acceptors (Lipinski definition) is 2. The minimum atomic E-state index is -6.13. The quantitative estimate of drug-likeness (QED) is 0.0199. The second-order valence-electron chi connectivity index (χ2n) is 21.8. The van der Waals surface area contributed by atoms with Crippen LogP contribution in [0.15, 0.2) is 122 Å². The summed E-state index contributed by atoms with van der Waals surface area (Å²) in [4.78, 5) is 16.8. The topological polar surface area (TPSA) is 33.8 Å². The van der Waals surface area contributed by atoms with Crippen LogP contribution in [-0.4, -0.2) is 16.9 Å². The lowest BCUT2D eigenvalue weighted by molar-refractivity contribution is -0.691. The number of unbranched alkanes of at least 4 members (excludes halogenated alkanes) is 15. The zero-order valence-corrected chi connectivity index (χ0v) is 47.7. The van der Waals surface area contributed by atoms with Crippen molar-refractivity contribution in [3.8, 4) is 0 Å². The van der Waals surface area contributed by atoms with Gasteiger partial charge < -0.3 is 0 Å². The maximum Gasteiger partial charge on any atom is 0.416 e. The summed E-state index contributed by atoms with van der Waals surface area (Å²) in [5, 5.41) is 0. The van der Waals surface area contributed by atoms with Crippen LogP contribution in [-0.2, 0) is 62.4 Å². The first-order chi connectivity index (χ1) is 41.6. The van der Waals surface area contributed by atoms with Gasteiger partial charge in [-0.2, -0.15) is 132 Å². The van der Waals surface area contributed by atoms with Crippen molar-refractivity contribution in [3.05, 3.63) is 177 Å². The van der Waals surface area contributed by atoms with Crippen LogP contribution in [0.3, 0.4) is 0 Å². The van der Waals surface area contributed by atoms with Gasteiger partial charge in [0.2, 0.25) is 12.3 Å². The number of hydrogen-bond donors (Lipinski definition) is 0. The molecule has 3 nitrogen and oxygen atoms in total. The first-order valence-electron chi connectivity index (χ1n) is 28.3. The van der Waals surface area contributed by atoms with E-state index in [1.54, 1.807) is 6.20 Å². The van der Waals surface area contributed by atoms with E-state index in [2.05, 4.69) is 16.5 Å². The van der Waals surface area contributed by atoms with E-state index < -0.39 is 195 Å². The average molecular weight is 1310 g/mol. The van der Waals surface area contributed by atoms with Crippen LogP contribution in [0.2, 0.25) is 0 Å². The van der Waals surface area contributed by atoms with Gasteiger partial charge in [-0.3, -0.25) is 9.78 Å². The summed E-state index contributed by atoms with van der Waals surface area (Å²) in [6.45, 7) is 2.68. The molecule has 5 aromatic carbocycles. The van der Waals surface area contributed by atoms with Crippen molar-refractivity contribution in [1.29, 1.82) is 0 Å². The Bertz CT molecular complexity index is 2850. The molecule has 0 aliphatic carbocycles. The summed E-state index contributed by atoms with van der Waals surface area (Å²) in [7, 11) is 0. The fourth-order valence-electron chi connectivity index (χ4n) is 10.6. The molecule has 0 atom stereocenters. The second kappa shape index (κ2) is 30.1. The maximum atomic E-state index is 14.2. The van der Waals surface area contributed by atoms with Gasteiger partial charge in [-0.1, -0.05) is 182 Å². The van der Waals surface area contributed by atoms with Crippen molar-refractivity contribution in [3.63, 3.8) is 0 Å². The zero-order valence-electron chi connectivity index (χ0n) is 47.7. The molecule has 0 aliphatic heterocycles. The van der Waals surface area contributed by atoms with Crippen molar-refractivity contribution in [1.82, 2.24) is 4.98 Å². The highest BCUT2D eigenvalue weighted by Crippen LogP contribution is 2.42. The van der Waals surface area contributed by atoms with Crippen LogP contribution in [0.25, 0.3) is 0 Å². The molecule has 0 N–H and O–H groups in total. The molecule has 494 valence electrons. The van der Waals surface area contributed by atoms with Crippen LogP contribution < -0.4 is 26.4 Å². The number of halogens is 24. The third-order valence-corrected chi connectivity index (χ3v) is 15.1. The molecule has 0 radical (unpaired) electrons. The number of alkyl halides is 24. The molecular weight excluding hydrogens is 1260 g/mol. The van der Waals surface area contributed by atoms with Gasteiger partial charge in [-0.05, 0) is 30.7 Å². The molecule has 0 saturated heterocycles. The Morgan fingerprint density at radius 1 is 0.367 bits per heavy atom. The average Bonchev–Trinajstić information content (AvgIpc) is 0.710. The second-order valence-corrected chi connectivity index (χ2v) is 21.8. The number of carbonyl (C=O) groups excluding carboxylic acids is 1. The van der Waals surface area contributed by atoms with Crippen LogP contribution in [0.5, 0.6) is 0 Å². The van der Waals surface area contributed by atoms with Crippen LogP contribution in [0, 0.1) is 0 Å². The monoisotopic (exact) mass is 1310 g/mol. The lowest BCUT2D eigenvalue weighted by Crippen LogP contribution is -2.75. The van der Waals surface area contributed by atoms with Gasteiger partial charge in [0, 0.05) is 12.0 Å². The molecule has 1 heterocycles. The first kappa shape index (κ1) is 74.0. The molecule has 0 spiro atoms. The molecule has 0 amide bonds. The van der Waals surface area contributed by atoms with Crippen molar-refractivity contribution >= 4 is 33.8 Å². The van der Waals surface area contributed by atoms with Gasteiger partial charge in [0.05, 0.1) is 56.9 Å². The Kier molecular flexibility index (Phi) is 24.8. The number of rotatable bonds is 24. The Hall–Kier alpha value is -6.77. The lowest BCUT2D eigenvalue weighted by atomic mass is 9.12. The Balaban J connectivity index is 0.000000378. The number of carbonyl (C=O) groups is 1. The van der Waals surface area contributed by atoms with Gasteiger partial charge in [0.25, 0.3) is 0 Å². The molecule has 0 aliphatic rings. The molecule has 90 heavy (non-hydrogen) atoms. The van der Waals surface area contributed by atoms with Gasteiger partial charge >= 0.3 is 49.4 Å². The number of ketones is 1. The zero-order chi connectivity index (χ0) is 67.3. The highest BCUT2D eigenvalue weighted by molar-refractivity contribution is 7.20. The maximum absolute atomic E-state index is 14.2. The fraction of sp³-hybridized carbons (Fsp3) is 0.435. The summed E-state index contributed by atoms with van der Waals surface area (Å²) in [6, 6.07) is 0.747. The molecule has 0 fully saturated rings. The van der Waals surface area contributed by atoms with Gasteiger partial charge in [-0.25, -0.2) is 0 Å². The van der Waals surface area contributed by atoms with E-state index in [-0.39, 0.29) is 5.78 Å². The van der Waals surface area contributed by atoms with Crippen molar-refractivity contribution < 1.29 is 115 Å². The number of aryl methyl sites for hydroxylation is 1. The van der Waals surface area contributed by atoms with Crippen molar-refractivity contribution in [2.45, 2.75) is 172 Å². The van der Waals surface area contributed by atoms with Gasteiger partial charge in [0.15, 0.2) is 11.9 Å². The highest BCUT2D eigenvalue weighted by Gasteiger charge is 2.47. The van der Waals surface area contributed by atoms with E-state index >= 15 is 0 Å². The minimum Gasteiger partial charge on any atom is -0.287 e. The summed E-state index contributed by atoms with van der Waals surface area (Å²) >= 11 is 0. The SMILES string of the molecule is CCCCCCCCCCCCCCCCCCc1cncc[n+]1CC(=O)c1ccccc1.FC(F)(F)c1cc([B-](c2cc(C(F)(F)F)cc(C(F)(F)F)c2)(c2cc(C(F)(F)F)cc(C(F)(F)F)c2)c2cc(C(F)(F)F)cc(C(F)(F)F)c2)cc(C(F)(F)F)c1. The van der Waals surface area contributed by atoms with E-state index in [1.165, 1.54) is 103 Å². The van der Waals surface area contributed by atoms with E-state index in [0.29, 0.717) is 6.54 Å². The molecule has 0 saturated carbocycles. The Morgan fingerprint density at radius 3 is 0.878 bits per heavy atom. The van der Waals surface area contributed by atoms with Crippen molar-refractivity contribution in [2.24, 2.45) is 0 Å². The van der Waals surface area contributed by atoms with Gasteiger partial charge in [-0.15, -0.1) is 0 Å². The third-order valence-electron chi connectivity index (χ3n) is 15.1. The number of Topliss-reactive ketones (excluding diaryl/α,β-unsaturated/α-hetero) is 1. The predicted molar refractivity (Wildman–Crippen MR) is 289 cm³/mol. The minimum absolute atomic E-state index is 0.153. The first-order valence-corrected chi connectivity index (χ1v) is 28.3. The standard InChI is InChI=1S/C32H12BF24.C30H47N2O/c34-25(35,36)13-1-14(26(37,38)39)6-21(5-13)33(22-7-15(27(40,41)42)2-16(8-22)28(43,44)45,23-9-17(29(46,47)48)3-18(10-23)30(49,50)51)24-11-19(31(52,53)54)4-20(12-24)32(55,56)57;1-2-3-4-5-6-7-8-9-10-11-12-13-14-15-16-20-23-29-26-31-24-25-32(29)27-30(33)28-21-18-17-19-22-28/h1-12H;17-19,21-22,24-26H,2-16,20,23,27H2,1H3/q-1;+1. The van der Waals surface area contributed by atoms with E-state index in [4.69, 9.17) is 0 Å². The summed E-state index contributed by atoms with van der Waals surface area (Å²) in [5.41, 5.74) is -28.3. The summed E-state index contributed by atoms with van der Waals surface area (Å²) < 4.78 is 343. The van der Waals surface area contributed by atoms with E-state index in [9.17, 15) is 110 Å². The summed E-state index contributed by atoms with van der Waals surface area (Å²) in [6.07, 6.45) is -26.0. The number of benzene rings is 5. The normalized spacial score (nSPS) is 13.1. The predicted octanol–water partition coefficient (Wildman–Crippen LogP) is 19.3. The van der Waals surface area contributed by atoms with Gasteiger partial charge in [0.1, 0.15) is 6.15 Å². The molecule has 0 unspecified atom stereocenters. The van der Waals surface area contributed by atoms with E-state index in [0.717, 1.165) is 17.7 Å². The highest BCUT2D eigenvalue weighted by atomic mass is 19.4. The molecule has 6 rings (SSSR count). The smallest absolute Gasteiger partial charge is 0.287 e. The largest absolute Gasteiger partial charge is 0.416 e. The molecule has 0 bridgehead atoms.